The number of hydrogen-bond donors (Lipinski definition) is 2. The number of rotatable bonds is 7. The second-order valence-corrected chi connectivity index (χ2v) is 9.72. The van der Waals surface area contributed by atoms with E-state index in [9.17, 15) is 18.0 Å². The van der Waals surface area contributed by atoms with Crippen LogP contribution in [-0.4, -0.2) is 44.2 Å². The summed E-state index contributed by atoms with van der Waals surface area (Å²) in [7, 11) is -3.59. The quantitative estimate of drug-likeness (QED) is 0.687. The Bertz CT molecular complexity index is 1060. The Morgan fingerprint density at radius 2 is 1.68 bits per heavy atom. The molecule has 8 heteroatoms. The van der Waals surface area contributed by atoms with E-state index in [1.54, 1.807) is 31.2 Å². The number of sulfonamides is 1. The lowest BCUT2D eigenvalue weighted by Gasteiger charge is -2.26. The van der Waals surface area contributed by atoms with E-state index in [0.29, 0.717) is 29.9 Å². The number of benzene rings is 2. The van der Waals surface area contributed by atoms with Gasteiger partial charge in [-0.3, -0.25) is 9.59 Å². The minimum absolute atomic E-state index is 0.0830. The number of nitrogens with zero attached hydrogens (tertiary/aromatic N) is 1. The van der Waals surface area contributed by atoms with Crippen LogP contribution >= 0.6 is 0 Å². The summed E-state index contributed by atoms with van der Waals surface area (Å²) < 4.78 is 27.6. The van der Waals surface area contributed by atoms with E-state index in [1.165, 1.54) is 10.4 Å². The Labute approximate surface area is 183 Å². The highest BCUT2D eigenvalue weighted by Crippen LogP contribution is 2.26. The number of aryl methyl sites for hydroxylation is 2. The van der Waals surface area contributed by atoms with E-state index in [4.69, 9.17) is 0 Å². The molecule has 0 saturated carbocycles. The minimum atomic E-state index is -3.59. The fourth-order valence-corrected chi connectivity index (χ4v) is 5.40. The Morgan fingerprint density at radius 3 is 2.39 bits per heavy atom. The zero-order valence-electron chi connectivity index (χ0n) is 18.0. The first kappa shape index (κ1) is 23.0. The monoisotopic (exact) mass is 443 g/mol. The van der Waals surface area contributed by atoms with Gasteiger partial charge in [0.05, 0.1) is 4.90 Å². The van der Waals surface area contributed by atoms with Gasteiger partial charge in [0.1, 0.15) is 0 Å². The number of piperidine rings is 1. The predicted molar refractivity (Wildman–Crippen MR) is 121 cm³/mol. The molecule has 1 aliphatic rings. The lowest BCUT2D eigenvalue weighted by Crippen LogP contribution is -2.36. The zero-order valence-corrected chi connectivity index (χ0v) is 18.8. The molecule has 0 spiro atoms. The molecule has 0 bridgehead atoms. The van der Waals surface area contributed by atoms with E-state index in [2.05, 4.69) is 10.6 Å². The number of amides is 2. The molecular weight excluding hydrogens is 414 g/mol. The van der Waals surface area contributed by atoms with Gasteiger partial charge in [-0.2, -0.15) is 4.31 Å². The largest absolute Gasteiger partial charge is 0.352 e. The number of carbonyl (C=O) groups is 2. The van der Waals surface area contributed by atoms with E-state index in [1.807, 2.05) is 19.1 Å². The summed E-state index contributed by atoms with van der Waals surface area (Å²) >= 11 is 0. The van der Waals surface area contributed by atoms with Crippen molar-refractivity contribution >= 4 is 27.5 Å². The molecule has 31 heavy (non-hydrogen) atoms. The summed E-state index contributed by atoms with van der Waals surface area (Å²) in [5, 5.41) is 5.48. The SMILES string of the molecule is Cc1ccccc1C(=O)NCCC(=O)Nc1ccc(C)c(S(=O)(=O)N2CCCCC2)c1. The Kier molecular flexibility index (Phi) is 7.46. The maximum atomic E-state index is 13.0. The van der Waals surface area contributed by atoms with Crippen LogP contribution in [0.15, 0.2) is 47.4 Å². The van der Waals surface area contributed by atoms with E-state index >= 15 is 0 Å². The molecule has 0 atom stereocenters. The normalized spacial score (nSPS) is 14.8. The van der Waals surface area contributed by atoms with Crippen molar-refractivity contribution in [3.8, 4) is 0 Å². The molecule has 3 rings (SSSR count). The highest BCUT2D eigenvalue weighted by atomic mass is 32.2. The summed E-state index contributed by atoms with van der Waals surface area (Å²) in [5.74, 6) is -0.522. The highest BCUT2D eigenvalue weighted by molar-refractivity contribution is 7.89. The van der Waals surface area contributed by atoms with E-state index in [0.717, 1.165) is 24.8 Å². The van der Waals surface area contributed by atoms with Gasteiger partial charge in [-0.05, 0) is 56.0 Å². The van der Waals surface area contributed by atoms with Crippen molar-refractivity contribution < 1.29 is 18.0 Å². The molecule has 0 unspecified atom stereocenters. The Balaban J connectivity index is 1.60. The second kappa shape index (κ2) is 10.1. The van der Waals surface area contributed by atoms with Crippen molar-refractivity contribution in [1.29, 1.82) is 0 Å². The van der Waals surface area contributed by atoms with Crippen LogP contribution in [0.1, 0.15) is 47.2 Å². The van der Waals surface area contributed by atoms with Gasteiger partial charge in [-0.15, -0.1) is 0 Å². The van der Waals surface area contributed by atoms with Crippen LogP contribution in [0.2, 0.25) is 0 Å². The molecule has 2 aromatic carbocycles. The van der Waals surface area contributed by atoms with Crippen LogP contribution in [0.5, 0.6) is 0 Å². The third-order valence-electron chi connectivity index (χ3n) is 5.43. The maximum Gasteiger partial charge on any atom is 0.251 e. The van der Waals surface area contributed by atoms with Gasteiger partial charge in [0.25, 0.3) is 5.91 Å². The smallest absolute Gasteiger partial charge is 0.251 e. The first-order valence-electron chi connectivity index (χ1n) is 10.5. The lowest BCUT2D eigenvalue weighted by molar-refractivity contribution is -0.116. The van der Waals surface area contributed by atoms with Crippen molar-refractivity contribution in [3.05, 3.63) is 59.2 Å². The fraction of sp³-hybridized carbons (Fsp3) is 0.391. The molecule has 0 radical (unpaired) electrons. The van der Waals surface area contributed by atoms with Crippen molar-refractivity contribution in [1.82, 2.24) is 9.62 Å². The third kappa shape index (κ3) is 5.71. The molecule has 2 N–H and O–H groups in total. The van der Waals surface area contributed by atoms with Crippen LogP contribution in [0.4, 0.5) is 5.69 Å². The van der Waals surface area contributed by atoms with Crippen LogP contribution in [0.25, 0.3) is 0 Å². The summed E-state index contributed by atoms with van der Waals surface area (Å²) in [6.07, 6.45) is 2.85. The number of nitrogens with one attached hydrogen (secondary N) is 2. The van der Waals surface area contributed by atoms with Gasteiger partial charge >= 0.3 is 0 Å². The van der Waals surface area contributed by atoms with Crippen LogP contribution in [-0.2, 0) is 14.8 Å². The molecule has 7 nitrogen and oxygen atoms in total. The summed E-state index contributed by atoms with van der Waals surface area (Å²) in [6.45, 7) is 4.85. The van der Waals surface area contributed by atoms with Crippen molar-refractivity contribution in [2.24, 2.45) is 0 Å². The highest BCUT2D eigenvalue weighted by Gasteiger charge is 2.27. The number of hydrogen-bond acceptors (Lipinski definition) is 4. The molecule has 1 heterocycles. The minimum Gasteiger partial charge on any atom is -0.352 e. The predicted octanol–water partition coefficient (Wildman–Crippen LogP) is 3.24. The average Bonchev–Trinajstić information content (AvgIpc) is 2.76. The van der Waals surface area contributed by atoms with Crippen LogP contribution in [0.3, 0.4) is 0 Å². The molecular formula is C23H29N3O4S. The molecule has 166 valence electrons. The Hall–Kier alpha value is -2.71. The topological polar surface area (TPSA) is 95.6 Å². The molecule has 1 fully saturated rings. The van der Waals surface area contributed by atoms with E-state index in [-0.39, 0.29) is 29.7 Å². The lowest BCUT2D eigenvalue weighted by atomic mass is 10.1. The van der Waals surface area contributed by atoms with Crippen LogP contribution < -0.4 is 10.6 Å². The summed E-state index contributed by atoms with van der Waals surface area (Å²) in [4.78, 5) is 24.8. The van der Waals surface area contributed by atoms with Crippen molar-refractivity contribution in [2.45, 2.75) is 44.4 Å². The molecule has 1 saturated heterocycles. The van der Waals surface area contributed by atoms with Gasteiger partial charge in [-0.25, -0.2) is 8.42 Å². The Morgan fingerprint density at radius 1 is 0.968 bits per heavy atom. The van der Waals surface area contributed by atoms with Gasteiger partial charge in [0, 0.05) is 37.3 Å². The second-order valence-electron chi connectivity index (χ2n) is 7.81. The molecule has 2 amide bonds. The van der Waals surface area contributed by atoms with Gasteiger partial charge in [0.2, 0.25) is 15.9 Å². The first-order chi connectivity index (χ1) is 14.8. The van der Waals surface area contributed by atoms with Gasteiger partial charge < -0.3 is 10.6 Å². The molecule has 1 aliphatic heterocycles. The van der Waals surface area contributed by atoms with Crippen molar-refractivity contribution in [3.63, 3.8) is 0 Å². The fourth-order valence-electron chi connectivity index (χ4n) is 3.64. The van der Waals surface area contributed by atoms with Gasteiger partial charge in [-0.1, -0.05) is 30.7 Å². The zero-order chi connectivity index (χ0) is 22.4. The third-order valence-corrected chi connectivity index (χ3v) is 7.47. The first-order valence-corrected chi connectivity index (χ1v) is 12.0. The van der Waals surface area contributed by atoms with Crippen LogP contribution in [0, 0.1) is 13.8 Å². The van der Waals surface area contributed by atoms with Gasteiger partial charge in [0.15, 0.2) is 0 Å². The number of carbonyl (C=O) groups excluding carboxylic acids is 2. The summed E-state index contributed by atoms with van der Waals surface area (Å²) in [5.41, 5.74) is 2.52. The molecule has 0 aliphatic carbocycles. The van der Waals surface area contributed by atoms with Crippen molar-refractivity contribution in [2.75, 3.05) is 25.0 Å². The summed E-state index contributed by atoms with van der Waals surface area (Å²) in [6, 6.07) is 12.2. The van der Waals surface area contributed by atoms with E-state index < -0.39 is 10.0 Å². The number of anilines is 1. The maximum absolute atomic E-state index is 13.0. The average molecular weight is 444 g/mol. The molecule has 2 aromatic rings. The standard InChI is InChI=1S/C23H29N3O4S/c1-17-8-4-5-9-20(17)23(28)24-13-12-22(27)25-19-11-10-18(2)21(16-19)31(29,30)26-14-6-3-7-15-26/h4-5,8-11,16H,3,6-7,12-15H2,1-2H3,(H,24,28)(H,25,27). The molecule has 0 aromatic heterocycles.